The summed E-state index contributed by atoms with van der Waals surface area (Å²) in [5, 5.41) is 11.1. The van der Waals surface area contributed by atoms with E-state index in [0.29, 0.717) is 5.56 Å². The van der Waals surface area contributed by atoms with E-state index in [0.717, 1.165) is 29.7 Å². The van der Waals surface area contributed by atoms with Crippen molar-refractivity contribution in [3.05, 3.63) is 77.2 Å². The van der Waals surface area contributed by atoms with Crippen molar-refractivity contribution in [1.82, 2.24) is 9.55 Å². The number of aliphatic hydroxyl groups excluding tert-OH is 1. The summed E-state index contributed by atoms with van der Waals surface area (Å²) in [6, 6.07) is 13.8. The molecule has 5 nitrogen and oxygen atoms in total. The van der Waals surface area contributed by atoms with Gasteiger partial charge in [-0.25, -0.2) is 4.98 Å². The SMILES string of the molecule is NC(=O)c1ccc2c(c1)CC[C@@H](C1c3ccccc3-c3cncn31)[C@@H]2O. The first-order valence-electron chi connectivity index (χ1n) is 8.87. The van der Waals surface area contributed by atoms with Gasteiger partial charge in [0.05, 0.1) is 30.4 Å². The van der Waals surface area contributed by atoms with Gasteiger partial charge >= 0.3 is 0 Å². The van der Waals surface area contributed by atoms with Gasteiger partial charge in [-0.05, 0) is 41.7 Å². The average molecular weight is 345 g/mol. The summed E-state index contributed by atoms with van der Waals surface area (Å²) in [6.45, 7) is 0. The number of hydrogen-bond donors (Lipinski definition) is 2. The fourth-order valence-corrected chi connectivity index (χ4v) is 4.62. The van der Waals surface area contributed by atoms with Crippen LogP contribution in [0.4, 0.5) is 0 Å². The highest BCUT2D eigenvalue weighted by Gasteiger charge is 2.40. The summed E-state index contributed by atoms with van der Waals surface area (Å²) in [7, 11) is 0. The van der Waals surface area contributed by atoms with E-state index in [4.69, 9.17) is 5.73 Å². The number of carbonyl (C=O) groups excluding carboxylic acids is 1. The minimum absolute atomic E-state index is 0.0542. The maximum absolute atomic E-state index is 11.4. The van der Waals surface area contributed by atoms with Crippen LogP contribution in [0.1, 0.15) is 45.6 Å². The van der Waals surface area contributed by atoms with Gasteiger partial charge in [0.25, 0.3) is 0 Å². The maximum Gasteiger partial charge on any atom is 0.248 e. The quantitative estimate of drug-likeness (QED) is 0.749. The van der Waals surface area contributed by atoms with Crippen molar-refractivity contribution >= 4 is 5.91 Å². The highest BCUT2D eigenvalue weighted by molar-refractivity contribution is 5.93. The number of aliphatic hydroxyl groups is 1. The number of amides is 1. The van der Waals surface area contributed by atoms with Crippen LogP contribution in [0.15, 0.2) is 55.0 Å². The van der Waals surface area contributed by atoms with E-state index in [-0.39, 0.29) is 12.0 Å². The third-order valence-electron chi connectivity index (χ3n) is 5.83. The zero-order valence-electron chi connectivity index (χ0n) is 14.2. The standard InChI is InChI=1S/C21H19N3O2/c22-21(26)13-6-7-14-12(9-13)5-8-17(20(14)25)19-16-4-2-1-3-15(16)18-10-23-11-24(18)19/h1-4,6-7,9-11,17,19-20,25H,5,8H2,(H2,22,26)/t17-,19?,20+/m0/s1. The van der Waals surface area contributed by atoms with Crippen LogP contribution in [0.5, 0.6) is 0 Å². The summed E-state index contributed by atoms with van der Waals surface area (Å²) < 4.78 is 2.18. The smallest absolute Gasteiger partial charge is 0.248 e. The lowest BCUT2D eigenvalue weighted by atomic mass is 9.75. The Morgan fingerprint density at radius 3 is 2.88 bits per heavy atom. The van der Waals surface area contributed by atoms with Gasteiger partial charge in [-0.15, -0.1) is 0 Å². The molecule has 1 aliphatic carbocycles. The molecule has 5 rings (SSSR count). The van der Waals surface area contributed by atoms with E-state index in [9.17, 15) is 9.90 Å². The van der Waals surface area contributed by atoms with Crippen LogP contribution in [0, 0.1) is 5.92 Å². The first-order valence-corrected chi connectivity index (χ1v) is 8.87. The fourth-order valence-electron chi connectivity index (χ4n) is 4.62. The van der Waals surface area contributed by atoms with Gasteiger partial charge in [0.2, 0.25) is 5.91 Å². The number of primary amides is 1. The molecule has 26 heavy (non-hydrogen) atoms. The summed E-state index contributed by atoms with van der Waals surface area (Å²) in [5.74, 6) is -0.379. The molecule has 1 unspecified atom stereocenters. The number of carbonyl (C=O) groups is 1. The van der Waals surface area contributed by atoms with E-state index in [2.05, 4.69) is 21.7 Å². The van der Waals surface area contributed by atoms with Crippen LogP contribution < -0.4 is 5.73 Å². The molecule has 0 radical (unpaired) electrons. The monoisotopic (exact) mass is 345 g/mol. The Balaban J connectivity index is 1.57. The highest BCUT2D eigenvalue weighted by Crippen LogP contribution is 2.49. The molecule has 2 aromatic carbocycles. The van der Waals surface area contributed by atoms with Gasteiger partial charge in [0.1, 0.15) is 0 Å². The first-order chi connectivity index (χ1) is 12.6. The zero-order valence-corrected chi connectivity index (χ0v) is 14.2. The van der Waals surface area contributed by atoms with Crippen LogP contribution in [-0.2, 0) is 6.42 Å². The number of nitrogens with zero attached hydrogens (tertiary/aromatic N) is 2. The minimum Gasteiger partial charge on any atom is -0.388 e. The van der Waals surface area contributed by atoms with Crippen LogP contribution in [0.3, 0.4) is 0 Å². The molecule has 0 bridgehead atoms. The normalized spacial score (nSPS) is 23.2. The lowest BCUT2D eigenvalue weighted by molar-refractivity contribution is 0.0719. The van der Waals surface area contributed by atoms with Gasteiger partial charge in [-0.3, -0.25) is 4.79 Å². The molecule has 130 valence electrons. The van der Waals surface area contributed by atoms with Gasteiger partial charge in [0, 0.05) is 17.0 Å². The number of hydrogen-bond acceptors (Lipinski definition) is 3. The molecule has 3 N–H and O–H groups in total. The second-order valence-corrected chi connectivity index (χ2v) is 7.14. The van der Waals surface area contributed by atoms with Crippen molar-refractivity contribution in [3.8, 4) is 11.3 Å². The molecule has 1 aromatic heterocycles. The lowest BCUT2D eigenvalue weighted by Gasteiger charge is -2.35. The molecule has 2 heterocycles. The van der Waals surface area contributed by atoms with Crippen LogP contribution in [0.25, 0.3) is 11.3 Å². The van der Waals surface area contributed by atoms with Gasteiger partial charge in [-0.2, -0.15) is 0 Å². The average Bonchev–Trinajstić information content (AvgIpc) is 3.23. The Bertz CT molecular complexity index is 1020. The van der Waals surface area contributed by atoms with Crippen molar-refractivity contribution < 1.29 is 9.90 Å². The summed E-state index contributed by atoms with van der Waals surface area (Å²) in [6.07, 6.45) is 4.82. The molecule has 5 heteroatoms. The number of nitrogens with two attached hydrogens (primary N) is 1. The van der Waals surface area contributed by atoms with E-state index in [1.165, 1.54) is 11.1 Å². The number of rotatable bonds is 2. The van der Waals surface area contributed by atoms with E-state index in [1.807, 2.05) is 36.8 Å². The molecule has 0 saturated carbocycles. The fraction of sp³-hybridized carbons (Fsp3) is 0.238. The highest BCUT2D eigenvalue weighted by atomic mass is 16.3. The number of fused-ring (bicyclic) bond motifs is 4. The lowest BCUT2D eigenvalue weighted by Crippen LogP contribution is -2.29. The van der Waals surface area contributed by atoms with Crippen molar-refractivity contribution in [2.45, 2.75) is 25.0 Å². The molecule has 1 amide bonds. The Hall–Kier alpha value is -2.92. The van der Waals surface area contributed by atoms with E-state index < -0.39 is 12.0 Å². The van der Waals surface area contributed by atoms with Gasteiger partial charge in [-0.1, -0.05) is 30.3 Å². The van der Waals surface area contributed by atoms with Crippen molar-refractivity contribution in [2.75, 3.05) is 0 Å². The summed E-state index contributed by atoms with van der Waals surface area (Å²) in [5.41, 5.74) is 11.3. The molecular formula is C21H19N3O2. The summed E-state index contributed by atoms with van der Waals surface area (Å²) >= 11 is 0. The summed E-state index contributed by atoms with van der Waals surface area (Å²) in [4.78, 5) is 15.8. The number of imidazole rings is 1. The number of aromatic nitrogens is 2. The van der Waals surface area contributed by atoms with Crippen molar-refractivity contribution in [3.63, 3.8) is 0 Å². The Morgan fingerprint density at radius 1 is 1.19 bits per heavy atom. The molecule has 3 aromatic rings. The topological polar surface area (TPSA) is 81.1 Å². The maximum atomic E-state index is 11.4. The molecular weight excluding hydrogens is 326 g/mol. The Kier molecular flexibility index (Phi) is 3.27. The van der Waals surface area contributed by atoms with Crippen LogP contribution in [-0.4, -0.2) is 20.6 Å². The molecule has 0 fully saturated rings. The molecule has 3 atom stereocenters. The van der Waals surface area contributed by atoms with Crippen LogP contribution >= 0.6 is 0 Å². The third kappa shape index (κ3) is 2.07. The second-order valence-electron chi connectivity index (χ2n) is 7.14. The zero-order chi connectivity index (χ0) is 17.8. The first kappa shape index (κ1) is 15.3. The van der Waals surface area contributed by atoms with Gasteiger partial charge in [0.15, 0.2) is 0 Å². The number of benzene rings is 2. The molecule has 1 aliphatic heterocycles. The predicted octanol–water partition coefficient (Wildman–Crippen LogP) is 2.85. The second kappa shape index (κ2) is 5.54. The predicted molar refractivity (Wildman–Crippen MR) is 97.5 cm³/mol. The molecule has 2 aliphatic rings. The largest absolute Gasteiger partial charge is 0.388 e. The van der Waals surface area contributed by atoms with Crippen LogP contribution in [0.2, 0.25) is 0 Å². The molecule has 0 spiro atoms. The van der Waals surface area contributed by atoms with E-state index in [1.54, 1.807) is 6.07 Å². The van der Waals surface area contributed by atoms with E-state index >= 15 is 0 Å². The Morgan fingerprint density at radius 2 is 2.04 bits per heavy atom. The van der Waals surface area contributed by atoms with Crippen molar-refractivity contribution in [1.29, 1.82) is 0 Å². The Labute approximate surface area is 151 Å². The molecule has 0 saturated heterocycles. The third-order valence-corrected chi connectivity index (χ3v) is 5.83. The number of aryl methyl sites for hydroxylation is 1. The van der Waals surface area contributed by atoms with Gasteiger partial charge < -0.3 is 15.4 Å². The minimum atomic E-state index is -0.591. The van der Waals surface area contributed by atoms with Crippen molar-refractivity contribution in [2.24, 2.45) is 11.7 Å².